The highest BCUT2D eigenvalue weighted by Gasteiger charge is 2.19. The largest absolute Gasteiger partial charge is 0.382 e. The van der Waals surface area contributed by atoms with E-state index in [1.165, 1.54) is 48.8 Å². The Kier molecular flexibility index (Phi) is 3.52. The molecule has 3 heterocycles. The number of nitrogens with zero attached hydrogens (tertiary/aromatic N) is 5. The minimum absolute atomic E-state index is 0.0166. The summed E-state index contributed by atoms with van der Waals surface area (Å²) < 4.78 is 84.5. The number of hydrogen-bond donors (Lipinski definition) is 1. The Morgan fingerprint density at radius 3 is 2.69 bits per heavy atom. The zero-order valence-corrected chi connectivity index (χ0v) is 16.7. The fourth-order valence-electron chi connectivity index (χ4n) is 3.46. The molecule has 1 atom stereocenters. The van der Waals surface area contributed by atoms with Crippen LogP contribution in [0.1, 0.15) is 34.0 Å². The van der Waals surface area contributed by atoms with Crippen LogP contribution in [0.4, 0.5) is 10.1 Å². The number of fused-ring (bicyclic) bond motifs is 1. The van der Waals surface area contributed by atoms with Crippen LogP contribution in [0.3, 0.4) is 0 Å². The zero-order valence-electron chi connectivity index (χ0n) is 24.7. The number of morpholine rings is 1. The highest BCUT2D eigenvalue weighted by Crippen LogP contribution is 2.33. The first-order valence-electron chi connectivity index (χ1n) is 13.6. The number of hydrogen-bond acceptors (Lipinski definition) is 7. The smallest absolute Gasteiger partial charge is 0.132 e. The lowest BCUT2D eigenvalue weighted by molar-refractivity contribution is 0.122. The molecule has 0 amide bonds. The van der Waals surface area contributed by atoms with E-state index in [4.69, 9.17) is 11.0 Å². The van der Waals surface area contributed by atoms with E-state index in [0.29, 0.717) is 21.9 Å². The van der Waals surface area contributed by atoms with Crippen LogP contribution < -0.4 is 4.90 Å². The third kappa shape index (κ3) is 3.79. The van der Waals surface area contributed by atoms with Gasteiger partial charge in [0.25, 0.3) is 0 Å². The van der Waals surface area contributed by atoms with Crippen molar-refractivity contribution < 1.29 is 25.2 Å². The number of aryl methyl sites for hydroxylation is 1. The molecule has 4 aromatic rings. The van der Waals surface area contributed by atoms with Crippen molar-refractivity contribution in [3.8, 4) is 11.3 Å². The van der Waals surface area contributed by atoms with E-state index in [2.05, 4.69) is 24.7 Å². The molecule has 0 unspecified atom stereocenters. The Morgan fingerprint density at radius 2 is 1.88 bits per heavy atom. The molecule has 1 aliphatic heterocycles. The quantitative estimate of drug-likeness (QED) is 0.521. The Hall–Kier alpha value is -3.49. The standard InChI is InChI=1S/C24H22FN5O2/c1-15-22(27-7-6-26-15)24(31)16-2-5-20(25)19(12-16)23-18-4-3-17(13-21(18)28-14-29-23)30-8-10-32-11-9-30/h2-7,12-14,24,31H,8-11H2,1H3/t24-/m0/s1/i8D2,9D2,10D2,11D2. The molecule has 5 rings (SSSR count). The Labute approximate surface area is 195 Å². The van der Waals surface area contributed by atoms with Crippen molar-refractivity contribution in [3.05, 3.63) is 77.9 Å². The van der Waals surface area contributed by atoms with E-state index < -0.39 is 38.0 Å². The second kappa shape index (κ2) is 8.57. The van der Waals surface area contributed by atoms with Crippen molar-refractivity contribution in [3.63, 3.8) is 0 Å². The number of halogens is 1. The predicted octanol–water partition coefficient (Wildman–Crippen LogP) is 3.45. The van der Waals surface area contributed by atoms with Crippen molar-refractivity contribution in [1.82, 2.24) is 19.9 Å². The van der Waals surface area contributed by atoms with Gasteiger partial charge in [-0.3, -0.25) is 9.97 Å². The fraction of sp³-hybridized carbons (Fsp3) is 0.250. The molecular weight excluding hydrogens is 409 g/mol. The Morgan fingerprint density at radius 1 is 1.06 bits per heavy atom. The van der Waals surface area contributed by atoms with Gasteiger partial charge in [-0.25, -0.2) is 14.4 Å². The predicted molar refractivity (Wildman–Crippen MR) is 119 cm³/mol. The zero-order chi connectivity index (χ0) is 29.3. The van der Waals surface area contributed by atoms with Gasteiger partial charge in [0.05, 0.1) is 46.7 Å². The number of aromatic nitrogens is 4. The summed E-state index contributed by atoms with van der Waals surface area (Å²) in [6.45, 7) is -11.0. The molecule has 2 aromatic heterocycles. The second-order valence-corrected chi connectivity index (χ2v) is 6.96. The summed E-state index contributed by atoms with van der Waals surface area (Å²) >= 11 is 0. The molecule has 0 spiro atoms. The first kappa shape index (κ1) is 13.1. The summed E-state index contributed by atoms with van der Waals surface area (Å²) in [6, 6.07) is 7.83. The van der Waals surface area contributed by atoms with Crippen LogP contribution in [0.2, 0.25) is 0 Å². The lowest BCUT2D eigenvalue weighted by Crippen LogP contribution is -2.36. The minimum atomic E-state index is -3.22. The van der Waals surface area contributed by atoms with Gasteiger partial charge in [-0.15, -0.1) is 0 Å². The molecule has 0 bridgehead atoms. The molecule has 32 heavy (non-hydrogen) atoms. The van der Waals surface area contributed by atoms with Gasteiger partial charge in [0.1, 0.15) is 18.2 Å². The molecule has 1 aliphatic rings. The van der Waals surface area contributed by atoms with Crippen molar-refractivity contribution in [2.24, 2.45) is 0 Å². The van der Waals surface area contributed by atoms with Crippen molar-refractivity contribution in [2.45, 2.75) is 13.0 Å². The van der Waals surface area contributed by atoms with Gasteiger partial charge in [0.15, 0.2) is 0 Å². The molecule has 0 saturated carbocycles. The van der Waals surface area contributed by atoms with E-state index in [9.17, 15) is 5.11 Å². The molecule has 7 nitrogen and oxygen atoms in total. The summed E-state index contributed by atoms with van der Waals surface area (Å²) in [5.74, 6) is -0.655. The lowest BCUT2D eigenvalue weighted by Gasteiger charge is -2.29. The third-order valence-electron chi connectivity index (χ3n) is 5.03. The monoisotopic (exact) mass is 439 g/mol. The van der Waals surface area contributed by atoms with Crippen LogP contribution in [0, 0.1) is 12.7 Å². The van der Waals surface area contributed by atoms with Crippen LogP contribution in [-0.4, -0.2) is 51.2 Å². The molecular formula is C24H22FN5O2. The van der Waals surface area contributed by atoms with Crippen molar-refractivity contribution in [1.29, 1.82) is 0 Å². The Bertz CT molecular complexity index is 1600. The van der Waals surface area contributed by atoms with Crippen LogP contribution in [0.15, 0.2) is 55.1 Å². The van der Waals surface area contributed by atoms with Crippen molar-refractivity contribution >= 4 is 16.6 Å². The summed E-state index contributed by atoms with van der Waals surface area (Å²) in [5, 5.41) is 11.2. The highest BCUT2D eigenvalue weighted by molar-refractivity contribution is 5.94. The molecule has 1 saturated heterocycles. The summed E-state index contributed by atoms with van der Waals surface area (Å²) in [6.07, 6.45) is 2.84. The normalized spacial score (nSPS) is 25.2. The van der Waals surface area contributed by atoms with Gasteiger partial charge in [-0.1, -0.05) is 6.07 Å². The Balaban J connectivity index is 1.62. The average Bonchev–Trinajstić information content (AvgIpc) is 2.87. The topological polar surface area (TPSA) is 84.3 Å². The van der Waals surface area contributed by atoms with Gasteiger partial charge < -0.3 is 14.7 Å². The molecule has 8 heteroatoms. The molecule has 1 fully saturated rings. The van der Waals surface area contributed by atoms with Gasteiger partial charge in [-0.2, -0.15) is 0 Å². The van der Waals surface area contributed by atoms with Crippen LogP contribution in [0.25, 0.3) is 22.2 Å². The fourth-order valence-corrected chi connectivity index (χ4v) is 3.46. The summed E-state index contributed by atoms with van der Waals surface area (Å²) in [4.78, 5) is 17.0. The number of aliphatic hydroxyl groups is 1. The van der Waals surface area contributed by atoms with Gasteiger partial charge in [-0.05, 0) is 42.8 Å². The van der Waals surface area contributed by atoms with E-state index in [0.717, 1.165) is 6.33 Å². The van der Waals surface area contributed by atoms with Crippen LogP contribution >= 0.6 is 0 Å². The highest BCUT2D eigenvalue weighted by atomic mass is 19.1. The van der Waals surface area contributed by atoms with E-state index in [-0.39, 0.29) is 27.8 Å². The molecule has 2 aromatic carbocycles. The lowest BCUT2D eigenvalue weighted by atomic mass is 9.98. The van der Waals surface area contributed by atoms with Crippen LogP contribution in [0.5, 0.6) is 0 Å². The maximum atomic E-state index is 15.1. The molecule has 0 radical (unpaired) electrons. The van der Waals surface area contributed by atoms with Gasteiger partial charge in [0.2, 0.25) is 0 Å². The van der Waals surface area contributed by atoms with E-state index in [1.54, 1.807) is 6.92 Å². The molecule has 1 N–H and O–H groups in total. The number of ether oxygens (including phenoxy) is 1. The SMILES string of the molecule is [2H]C1([2H])OC([2H])([2H])C([2H])([2H])N(c2ccc3c(-c4cc([C@H](O)c5nccnc5C)ccc4F)ncnc3c2)C1([2H])[2H]. The van der Waals surface area contributed by atoms with Crippen LogP contribution in [-0.2, 0) is 4.74 Å². The maximum Gasteiger partial charge on any atom is 0.132 e. The van der Waals surface area contributed by atoms with Crippen molar-refractivity contribution in [2.75, 3.05) is 31.0 Å². The van der Waals surface area contributed by atoms with E-state index >= 15 is 4.39 Å². The first-order chi connectivity index (χ1) is 18.6. The average molecular weight is 440 g/mol. The number of aliphatic hydroxyl groups excluding tert-OH is 1. The number of anilines is 1. The first-order valence-corrected chi connectivity index (χ1v) is 9.59. The summed E-state index contributed by atoms with van der Waals surface area (Å²) in [7, 11) is 0. The number of benzene rings is 2. The maximum absolute atomic E-state index is 15.1. The molecule has 162 valence electrons. The molecule has 0 aliphatic carbocycles. The summed E-state index contributed by atoms with van der Waals surface area (Å²) in [5.41, 5.74) is 1.15. The minimum Gasteiger partial charge on any atom is -0.382 e. The third-order valence-corrected chi connectivity index (χ3v) is 5.03. The number of rotatable bonds is 4. The second-order valence-electron chi connectivity index (χ2n) is 6.96. The van der Waals surface area contributed by atoms with E-state index in [1.807, 2.05) is 0 Å². The van der Waals surface area contributed by atoms with Gasteiger partial charge >= 0.3 is 0 Å². The van der Waals surface area contributed by atoms with Gasteiger partial charge in [0, 0.05) is 42.0 Å².